The fourth-order valence-electron chi connectivity index (χ4n) is 3.36. The molecule has 10 nitrogen and oxygen atoms in total. The maximum atomic E-state index is 13.3. The topological polar surface area (TPSA) is 125 Å². The summed E-state index contributed by atoms with van der Waals surface area (Å²) in [7, 11) is -3.16. The van der Waals surface area contributed by atoms with Crippen LogP contribution in [0.4, 0.5) is 0 Å². The Balaban J connectivity index is 1.82. The SMILES string of the molecule is COCCOc1ccc(-c2cn(-c3ccccc3)c3ncn(COP(=O)(O)O)c(=O)c23)cc1. The maximum Gasteiger partial charge on any atom is 0.471 e. The van der Waals surface area contributed by atoms with Crippen molar-refractivity contribution in [3.63, 3.8) is 0 Å². The van der Waals surface area contributed by atoms with Crippen molar-refractivity contribution in [1.29, 1.82) is 0 Å². The van der Waals surface area contributed by atoms with Crippen LogP contribution in [0.5, 0.6) is 5.75 Å². The van der Waals surface area contributed by atoms with E-state index in [0.29, 0.717) is 35.6 Å². The van der Waals surface area contributed by atoms with Crippen LogP contribution in [-0.4, -0.2) is 44.2 Å². The number of aromatic nitrogens is 3. The molecule has 2 aromatic heterocycles. The molecule has 4 aromatic rings. The van der Waals surface area contributed by atoms with Gasteiger partial charge in [0.2, 0.25) is 0 Å². The summed E-state index contributed by atoms with van der Waals surface area (Å²) in [4.78, 5) is 35.7. The fraction of sp³-hybridized carbons (Fsp3) is 0.182. The van der Waals surface area contributed by atoms with Crippen LogP contribution in [-0.2, 0) is 20.6 Å². The average molecular weight is 471 g/mol. The Kier molecular flexibility index (Phi) is 6.73. The normalized spacial score (nSPS) is 11.7. The lowest BCUT2D eigenvalue weighted by Crippen LogP contribution is -2.21. The number of rotatable bonds is 9. The minimum absolute atomic E-state index is 0.295. The zero-order chi connectivity index (χ0) is 23.4. The summed E-state index contributed by atoms with van der Waals surface area (Å²) < 4.78 is 29.0. The Morgan fingerprint density at radius 3 is 2.42 bits per heavy atom. The molecule has 0 unspecified atom stereocenters. The van der Waals surface area contributed by atoms with Crippen molar-refractivity contribution in [2.45, 2.75) is 6.73 Å². The molecule has 0 spiro atoms. The second-order valence-corrected chi connectivity index (χ2v) is 8.32. The van der Waals surface area contributed by atoms with Gasteiger partial charge in [0, 0.05) is 24.6 Å². The van der Waals surface area contributed by atoms with Crippen LogP contribution >= 0.6 is 7.82 Å². The van der Waals surface area contributed by atoms with Gasteiger partial charge >= 0.3 is 7.82 Å². The van der Waals surface area contributed by atoms with E-state index in [9.17, 15) is 9.36 Å². The molecule has 0 atom stereocenters. The highest BCUT2D eigenvalue weighted by atomic mass is 31.2. The summed E-state index contributed by atoms with van der Waals surface area (Å²) in [5.41, 5.74) is 2.10. The van der Waals surface area contributed by atoms with Crippen molar-refractivity contribution in [1.82, 2.24) is 14.1 Å². The molecule has 0 radical (unpaired) electrons. The van der Waals surface area contributed by atoms with Crippen LogP contribution in [0.3, 0.4) is 0 Å². The molecule has 33 heavy (non-hydrogen) atoms. The largest absolute Gasteiger partial charge is 0.491 e. The third kappa shape index (κ3) is 5.22. The first-order valence-electron chi connectivity index (χ1n) is 9.95. The van der Waals surface area contributed by atoms with Crippen LogP contribution < -0.4 is 10.3 Å². The molecule has 0 fully saturated rings. The summed E-state index contributed by atoms with van der Waals surface area (Å²) in [5, 5.41) is 0.295. The lowest BCUT2D eigenvalue weighted by molar-refractivity contribution is 0.146. The standard InChI is InChI=1S/C22H22N3O7P/c1-30-11-12-31-18-9-7-16(8-10-18)19-13-25(17-5-3-2-4-6-17)21-20(19)22(26)24(14-23-21)15-32-33(27,28)29/h2-10,13-14H,11-12,15H2,1H3,(H2,27,28,29). The van der Waals surface area contributed by atoms with Gasteiger partial charge in [0.15, 0.2) is 5.65 Å². The Labute approximate surface area is 188 Å². The number of hydrogen-bond donors (Lipinski definition) is 2. The molecule has 0 aliphatic rings. The highest BCUT2D eigenvalue weighted by Crippen LogP contribution is 2.36. The van der Waals surface area contributed by atoms with E-state index in [4.69, 9.17) is 19.3 Å². The number of methoxy groups -OCH3 is 1. The number of phosphoric acid groups is 1. The Morgan fingerprint density at radius 2 is 1.76 bits per heavy atom. The van der Waals surface area contributed by atoms with Gasteiger partial charge in [-0.2, -0.15) is 0 Å². The maximum absolute atomic E-state index is 13.3. The first-order chi connectivity index (χ1) is 15.9. The van der Waals surface area contributed by atoms with Crippen LogP contribution in [0.1, 0.15) is 0 Å². The number of phosphoric ester groups is 1. The van der Waals surface area contributed by atoms with E-state index in [-0.39, 0.29) is 0 Å². The third-order valence-corrected chi connectivity index (χ3v) is 5.35. The summed E-state index contributed by atoms with van der Waals surface area (Å²) >= 11 is 0. The lowest BCUT2D eigenvalue weighted by Gasteiger charge is -2.09. The molecule has 0 saturated carbocycles. The molecule has 0 aliphatic carbocycles. The molecule has 172 valence electrons. The highest BCUT2D eigenvalue weighted by Gasteiger charge is 2.19. The first-order valence-corrected chi connectivity index (χ1v) is 11.5. The summed E-state index contributed by atoms with van der Waals surface area (Å²) in [6, 6.07) is 16.7. The quantitative estimate of drug-likeness (QED) is 0.282. The van der Waals surface area contributed by atoms with Crippen molar-refractivity contribution >= 4 is 18.9 Å². The van der Waals surface area contributed by atoms with E-state index >= 15 is 0 Å². The van der Waals surface area contributed by atoms with Gasteiger partial charge in [0.1, 0.15) is 25.4 Å². The van der Waals surface area contributed by atoms with Crippen LogP contribution in [0.2, 0.25) is 0 Å². The molecule has 0 aliphatic heterocycles. The molecule has 4 rings (SSSR count). The van der Waals surface area contributed by atoms with Gasteiger partial charge in [-0.05, 0) is 29.8 Å². The van der Waals surface area contributed by atoms with Crippen LogP contribution in [0.15, 0.2) is 71.9 Å². The third-order valence-electron chi connectivity index (χ3n) is 4.89. The summed E-state index contributed by atoms with van der Waals surface area (Å²) in [5.74, 6) is 0.660. The molecule has 2 aromatic carbocycles. The molecular formula is C22H22N3O7P. The van der Waals surface area contributed by atoms with E-state index in [1.54, 1.807) is 23.8 Å². The minimum Gasteiger partial charge on any atom is -0.491 e. The second kappa shape index (κ2) is 9.70. The fourth-order valence-corrected chi connectivity index (χ4v) is 3.64. The summed E-state index contributed by atoms with van der Waals surface area (Å²) in [6.45, 7) is 0.250. The van der Waals surface area contributed by atoms with Gasteiger partial charge in [-0.15, -0.1) is 0 Å². The van der Waals surface area contributed by atoms with Gasteiger partial charge in [0.05, 0.1) is 12.0 Å². The molecule has 2 heterocycles. The number of para-hydroxylation sites is 1. The highest BCUT2D eigenvalue weighted by molar-refractivity contribution is 7.46. The van der Waals surface area contributed by atoms with Gasteiger partial charge in [-0.1, -0.05) is 30.3 Å². The van der Waals surface area contributed by atoms with Crippen molar-refractivity contribution in [3.05, 3.63) is 77.5 Å². The number of fused-ring (bicyclic) bond motifs is 1. The number of benzene rings is 2. The number of ether oxygens (including phenoxy) is 2. The van der Waals surface area contributed by atoms with E-state index in [0.717, 1.165) is 15.8 Å². The second-order valence-electron chi connectivity index (χ2n) is 7.08. The van der Waals surface area contributed by atoms with Gasteiger partial charge in [-0.3, -0.25) is 13.9 Å². The molecule has 11 heteroatoms. The lowest BCUT2D eigenvalue weighted by atomic mass is 10.1. The monoisotopic (exact) mass is 471 g/mol. The first kappa shape index (κ1) is 22.9. The Bertz CT molecular complexity index is 1340. The molecule has 0 bridgehead atoms. The van der Waals surface area contributed by atoms with Crippen molar-refractivity contribution in [2.75, 3.05) is 20.3 Å². The molecular weight excluding hydrogens is 449 g/mol. The van der Waals surface area contributed by atoms with Crippen molar-refractivity contribution in [2.24, 2.45) is 0 Å². The summed E-state index contributed by atoms with van der Waals surface area (Å²) in [6.07, 6.45) is 3.01. The Hall–Kier alpha value is -3.27. The van der Waals surface area contributed by atoms with Crippen molar-refractivity contribution in [3.8, 4) is 22.6 Å². The van der Waals surface area contributed by atoms with Crippen LogP contribution in [0.25, 0.3) is 27.8 Å². The minimum atomic E-state index is -4.76. The van der Waals surface area contributed by atoms with E-state index in [1.165, 1.54) is 6.33 Å². The molecule has 2 N–H and O–H groups in total. The van der Waals surface area contributed by atoms with Gasteiger partial charge in [0.25, 0.3) is 5.56 Å². The Morgan fingerprint density at radius 1 is 1.03 bits per heavy atom. The predicted molar refractivity (Wildman–Crippen MR) is 121 cm³/mol. The average Bonchev–Trinajstić information content (AvgIpc) is 3.20. The zero-order valence-electron chi connectivity index (χ0n) is 17.7. The van der Waals surface area contributed by atoms with E-state index in [1.807, 2.05) is 48.7 Å². The number of hydrogen-bond acceptors (Lipinski definition) is 6. The number of nitrogens with zero attached hydrogens (tertiary/aromatic N) is 3. The molecule has 0 amide bonds. The van der Waals surface area contributed by atoms with Gasteiger partial charge in [-0.25, -0.2) is 9.55 Å². The van der Waals surface area contributed by atoms with E-state index < -0.39 is 20.1 Å². The molecule has 0 saturated heterocycles. The van der Waals surface area contributed by atoms with E-state index in [2.05, 4.69) is 9.51 Å². The zero-order valence-corrected chi connectivity index (χ0v) is 18.6. The predicted octanol–water partition coefficient (Wildman–Crippen LogP) is 2.95. The van der Waals surface area contributed by atoms with Crippen molar-refractivity contribution < 1.29 is 28.3 Å². The van der Waals surface area contributed by atoms with Gasteiger partial charge < -0.3 is 23.8 Å². The van der Waals surface area contributed by atoms with Crippen LogP contribution in [0, 0.1) is 0 Å². The smallest absolute Gasteiger partial charge is 0.471 e.